The normalized spacial score (nSPS) is 16.1. The summed E-state index contributed by atoms with van der Waals surface area (Å²) in [4.78, 5) is 14.2. The molecular weight excluding hydrogens is 264 g/mol. The molecule has 1 heterocycles. The number of carbonyl (C=O) groups is 1. The number of nitrogens with one attached hydrogen (secondary N) is 1. The van der Waals surface area contributed by atoms with Gasteiger partial charge in [0.05, 0.1) is 19.3 Å². The summed E-state index contributed by atoms with van der Waals surface area (Å²) in [5, 5.41) is 3.44. The third kappa shape index (κ3) is 4.11. The van der Waals surface area contributed by atoms with E-state index in [-0.39, 0.29) is 5.91 Å². The van der Waals surface area contributed by atoms with Gasteiger partial charge in [0.1, 0.15) is 5.75 Å². The number of hydrogen-bond acceptors (Lipinski definition) is 3. The maximum atomic E-state index is 12.0. The summed E-state index contributed by atoms with van der Waals surface area (Å²) in [7, 11) is 1.57. The van der Waals surface area contributed by atoms with Crippen LogP contribution in [0.15, 0.2) is 18.2 Å². The molecule has 0 aromatic heterocycles. The topological polar surface area (TPSA) is 41.6 Å². The van der Waals surface area contributed by atoms with E-state index in [9.17, 15) is 4.79 Å². The minimum absolute atomic E-state index is 0.0255. The standard InChI is InChI=1S/C14H19ClN2O2/c1-19-13-6-5-11(15)9-12(13)16-14(18)10-17-7-3-2-4-8-17/h5-6,9H,2-4,7-8,10H2,1H3,(H,16,18). The Labute approximate surface area is 118 Å². The lowest BCUT2D eigenvalue weighted by molar-refractivity contribution is -0.117. The number of nitrogens with zero attached hydrogens (tertiary/aromatic N) is 1. The molecule has 0 saturated carbocycles. The third-order valence-corrected chi connectivity index (χ3v) is 3.49. The van der Waals surface area contributed by atoms with Gasteiger partial charge >= 0.3 is 0 Å². The minimum atomic E-state index is -0.0255. The lowest BCUT2D eigenvalue weighted by Crippen LogP contribution is -2.36. The molecule has 0 atom stereocenters. The summed E-state index contributed by atoms with van der Waals surface area (Å²) in [6, 6.07) is 5.19. The molecule has 1 fully saturated rings. The molecule has 1 amide bonds. The maximum Gasteiger partial charge on any atom is 0.238 e. The highest BCUT2D eigenvalue weighted by molar-refractivity contribution is 6.31. The molecule has 19 heavy (non-hydrogen) atoms. The fourth-order valence-corrected chi connectivity index (χ4v) is 2.46. The van der Waals surface area contributed by atoms with Crippen LogP contribution in [0.25, 0.3) is 0 Å². The first-order valence-corrected chi connectivity index (χ1v) is 6.92. The highest BCUT2D eigenvalue weighted by Gasteiger charge is 2.15. The lowest BCUT2D eigenvalue weighted by atomic mass is 10.1. The molecule has 0 bridgehead atoms. The van der Waals surface area contributed by atoms with Gasteiger partial charge in [0.2, 0.25) is 5.91 Å². The van der Waals surface area contributed by atoms with Gasteiger partial charge in [-0.15, -0.1) is 0 Å². The second kappa shape index (κ2) is 6.78. The van der Waals surface area contributed by atoms with Gasteiger partial charge in [0.25, 0.3) is 0 Å². The van der Waals surface area contributed by atoms with E-state index >= 15 is 0 Å². The van der Waals surface area contributed by atoms with Gasteiger partial charge < -0.3 is 10.1 Å². The summed E-state index contributed by atoms with van der Waals surface area (Å²) in [6.07, 6.45) is 3.61. The Kier molecular flexibility index (Phi) is 5.05. The molecule has 0 radical (unpaired) electrons. The van der Waals surface area contributed by atoms with E-state index in [1.54, 1.807) is 25.3 Å². The van der Waals surface area contributed by atoms with Crippen LogP contribution in [-0.2, 0) is 4.79 Å². The molecule has 0 aliphatic carbocycles. The predicted octanol–water partition coefficient (Wildman–Crippen LogP) is 2.77. The number of carbonyl (C=O) groups excluding carboxylic acids is 1. The van der Waals surface area contributed by atoms with Gasteiger partial charge in [-0.2, -0.15) is 0 Å². The van der Waals surface area contributed by atoms with Gasteiger partial charge in [-0.3, -0.25) is 9.69 Å². The van der Waals surface area contributed by atoms with Gasteiger partial charge in [-0.1, -0.05) is 18.0 Å². The highest BCUT2D eigenvalue weighted by atomic mass is 35.5. The average molecular weight is 283 g/mol. The number of anilines is 1. The van der Waals surface area contributed by atoms with E-state index in [4.69, 9.17) is 16.3 Å². The van der Waals surface area contributed by atoms with E-state index in [1.165, 1.54) is 19.3 Å². The van der Waals surface area contributed by atoms with Crippen LogP contribution < -0.4 is 10.1 Å². The fourth-order valence-electron chi connectivity index (χ4n) is 2.29. The van der Waals surface area contributed by atoms with Crippen molar-refractivity contribution in [1.29, 1.82) is 0 Å². The van der Waals surface area contributed by atoms with Crippen LogP contribution in [0.2, 0.25) is 5.02 Å². The molecule has 1 saturated heterocycles. The molecular formula is C14H19ClN2O2. The van der Waals surface area contributed by atoms with Gasteiger partial charge in [-0.25, -0.2) is 0 Å². The number of halogens is 1. The number of piperidine rings is 1. The fraction of sp³-hybridized carbons (Fsp3) is 0.500. The van der Waals surface area contributed by atoms with Crippen molar-refractivity contribution in [3.63, 3.8) is 0 Å². The largest absolute Gasteiger partial charge is 0.495 e. The van der Waals surface area contributed by atoms with Crippen molar-refractivity contribution >= 4 is 23.2 Å². The summed E-state index contributed by atoms with van der Waals surface area (Å²) >= 11 is 5.93. The Balaban J connectivity index is 1.95. The van der Waals surface area contributed by atoms with E-state index < -0.39 is 0 Å². The second-order valence-electron chi connectivity index (χ2n) is 4.73. The zero-order valence-corrected chi connectivity index (χ0v) is 11.9. The van der Waals surface area contributed by atoms with E-state index in [2.05, 4.69) is 10.2 Å². The SMILES string of the molecule is COc1ccc(Cl)cc1NC(=O)CN1CCCCC1. The van der Waals surface area contributed by atoms with Crippen LogP contribution in [0.5, 0.6) is 5.75 Å². The van der Waals surface area contributed by atoms with Crippen molar-refractivity contribution in [3.8, 4) is 5.75 Å². The summed E-state index contributed by atoms with van der Waals surface area (Å²) < 4.78 is 5.20. The molecule has 0 unspecified atom stereocenters. The minimum Gasteiger partial charge on any atom is -0.495 e. The Bertz CT molecular complexity index is 445. The smallest absolute Gasteiger partial charge is 0.238 e. The van der Waals surface area contributed by atoms with Crippen molar-refractivity contribution in [1.82, 2.24) is 4.90 Å². The maximum absolute atomic E-state index is 12.0. The molecule has 1 aromatic carbocycles. The van der Waals surface area contributed by atoms with E-state index in [0.29, 0.717) is 23.0 Å². The van der Waals surface area contributed by atoms with Crippen molar-refractivity contribution in [2.75, 3.05) is 32.1 Å². The summed E-state index contributed by atoms with van der Waals surface area (Å²) in [5.74, 6) is 0.596. The van der Waals surface area contributed by atoms with Crippen molar-refractivity contribution in [2.45, 2.75) is 19.3 Å². The molecule has 1 aromatic rings. The number of ether oxygens (including phenoxy) is 1. The van der Waals surface area contributed by atoms with Crippen molar-refractivity contribution in [2.24, 2.45) is 0 Å². The Morgan fingerprint density at radius 2 is 2.11 bits per heavy atom. The average Bonchev–Trinajstić information content (AvgIpc) is 2.40. The number of amides is 1. The third-order valence-electron chi connectivity index (χ3n) is 3.25. The van der Waals surface area contributed by atoms with Crippen LogP contribution in [0.4, 0.5) is 5.69 Å². The zero-order valence-electron chi connectivity index (χ0n) is 11.1. The quantitative estimate of drug-likeness (QED) is 0.923. The summed E-state index contributed by atoms with van der Waals surface area (Å²) in [6.45, 7) is 2.43. The number of hydrogen-bond donors (Lipinski definition) is 1. The van der Waals surface area contributed by atoms with E-state index in [0.717, 1.165) is 13.1 Å². The molecule has 0 spiro atoms. The number of methoxy groups -OCH3 is 1. The molecule has 1 aliphatic heterocycles. The van der Waals surface area contributed by atoms with Crippen LogP contribution in [0.1, 0.15) is 19.3 Å². The molecule has 1 N–H and O–H groups in total. The zero-order chi connectivity index (χ0) is 13.7. The molecule has 104 valence electrons. The first-order valence-electron chi connectivity index (χ1n) is 6.55. The Hall–Kier alpha value is -1.26. The molecule has 2 rings (SSSR count). The number of likely N-dealkylation sites (tertiary alicyclic amines) is 1. The second-order valence-corrected chi connectivity index (χ2v) is 5.17. The monoisotopic (exact) mass is 282 g/mol. The van der Waals surface area contributed by atoms with Gasteiger partial charge in [0, 0.05) is 5.02 Å². The first kappa shape index (κ1) is 14.2. The van der Waals surface area contributed by atoms with E-state index in [1.807, 2.05) is 0 Å². The molecule has 4 nitrogen and oxygen atoms in total. The lowest BCUT2D eigenvalue weighted by Gasteiger charge is -2.25. The Morgan fingerprint density at radius 1 is 1.37 bits per heavy atom. The predicted molar refractivity (Wildman–Crippen MR) is 76.9 cm³/mol. The highest BCUT2D eigenvalue weighted by Crippen LogP contribution is 2.27. The van der Waals surface area contributed by atoms with Crippen LogP contribution in [-0.4, -0.2) is 37.6 Å². The van der Waals surface area contributed by atoms with Gasteiger partial charge in [0.15, 0.2) is 0 Å². The summed E-state index contributed by atoms with van der Waals surface area (Å²) in [5.41, 5.74) is 0.622. The van der Waals surface area contributed by atoms with Crippen molar-refractivity contribution in [3.05, 3.63) is 23.2 Å². The number of benzene rings is 1. The number of rotatable bonds is 4. The molecule has 1 aliphatic rings. The van der Waals surface area contributed by atoms with Crippen LogP contribution in [0, 0.1) is 0 Å². The van der Waals surface area contributed by atoms with Gasteiger partial charge in [-0.05, 0) is 44.1 Å². The Morgan fingerprint density at radius 3 is 2.79 bits per heavy atom. The first-order chi connectivity index (χ1) is 9.19. The van der Waals surface area contributed by atoms with Crippen LogP contribution in [0.3, 0.4) is 0 Å². The van der Waals surface area contributed by atoms with Crippen LogP contribution >= 0.6 is 11.6 Å². The molecule has 5 heteroatoms. The van der Waals surface area contributed by atoms with Crippen molar-refractivity contribution < 1.29 is 9.53 Å².